The van der Waals surface area contributed by atoms with Crippen LogP contribution in [0.4, 0.5) is 10.5 Å². The molecule has 1 atom stereocenters. The SMILES string of the molecule is CCCN1CCC(CNC(=O)Nc2cccc(Cl)c2)C1. The van der Waals surface area contributed by atoms with Crippen molar-refractivity contribution in [3.05, 3.63) is 29.3 Å². The first-order chi connectivity index (χ1) is 9.67. The lowest BCUT2D eigenvalue weighted by molar-refractivity contribution is 0.249. The lowest BCUT2D eigenvalue weighted by atomic mass is 10.1. The first kappa shape index (κ1) is 15.1. The van der Waals surface area contributed by atoms with Crippen LogP contribution in [0.2, 0.25) is 5.02 Å². The Hall–Kier alpha value is -1.26. The number of rotatable bonds is 5. The predicted molar refractivity (Wildman–Crippen MR) is 83.3 cm³/mol. The minimum Gasteiger partial charge on any atom is -0.338 e. The maximum absolute atomic E-state index is 11.8. The second-order valence-corrected chi connectivity index (χ2v) is 5.74. The van der Waals surface area contributed by atoms with Gasteiger partial charge in [-0.05, 0) is 50.0 Å². The molecule has 0 spiro atoms. The van der Waals surface area contributed by atoms with Crippen molar-refractivity contribution in [1.29, 1.82) is 0 Å². The van der Waals surface area contributed by atoms with E-state index in [2.05, 4.69) is 22.5 Å². The predicted octanol–water partition coefficient (Wildman–Crippen LogP) is 3.19. The standard InChI is InChI=1S/C15H22ClN3O/c1-2-7-19-8-6-12(11-19)10-17-15(20)18-14-5-3-4-13(16)9-14/h3-5,9,12H,2,6-8,10-11H2,1H3,(H2,17,18,20). The lowest BCUT2D eigenvalue weighted by Crippen LogP contribution is -2.34. The highest BCUT2D eigenvalue weighted by molar-refractivity contribution is 6.30. The summed E-state index contributed by atoms with van der Waals surface area (Å²) in [4.78, 5) is 14.3. The number of hydrogen-bond donors (Lipinski definition) is 2. The van der Waals surface area contributed by atoms with Gasteiger partial charge in [0.05, 0.1) is 0 Å². The van der Waals surface area contributed by atoms with E-state index in [1.807, 2.05) is 12.1 Å². The smallest absolute Gasteiger partial charge is 0.319 e. The van der Waals surface area contributed by atoms with E-state index < -0.39 is 0 Å². The van der Waals surface area contributed by atoms with Gasteiger partial charge >= 0.3 is 6.03 Å². The van der Waals surface area contributed by atoms with E-state index >= 15 is 0 Å². The Morgan fingerprint density at radius 3 is 3.10 bits per heavy atom. The zero-order valence-electron chi connectivity index (χ0n) is 11.9. The van der Waals surface area contributed by atoms with Gasteiger partial charge < -0.3 is 15.5 Å². The number of benzene rings is 1. The number of nitrogens with one attached hydrogen (secondary N) is 2. The number of halogens is 1. The van der Waals surface area contributed by atoms with Crippen molar-refractivity contribution in [2.24, 2.45) is 5.92 Å². The molecule has 1 unspecified atom stereocenters. The maximum Gasteiger partial charge on any atom is 0.319 e. The van der Waals surface area contributed by atoms with Gasteiger partial charge in [-0.15, -0.1) is 0 Å². The molecule has 1 aromatic carbocycles. The van der Waals surface area contributed by atoms with E-state index in [-0.39, 0.29) is 6.03 Å². The Morgan fingerprint density at radius 1 is 1.50 bits per heavy atom. The van der Waals surface area contributed by atoms with Gasteiger partial charge in [-0.25, -0.2) is 4.79 Å². The number of carbonyl (C=O) groups excluding carboxylic acids is 1. The van der Waals surface area contributed by atoms with Gasteiger partial charge in [0, 0.05) is 23.8 Å². The van der Waals surface area contributed by atoms with Crippen LogP contribution in [0.15, 0.2) is 24.3 Å². The molecular formula is C15H22ClN3O. The van der Waals surface area contributed by atoms with Crippen LogP contribution < -0.4 is 10.6 Å². The van der Waals surface area contributed by atoms with Crippen molar-refractivity contribution < 1.29 is 4.79 Å². The molecule has 0 bridgehead atoms. The molecule has 2 N–H and O–H groups in total. The molecule has 1 fully saturated rings. The summed E-state index contributed by atoms with van der Waals surface area (Å²) >= 11 is 5.88. The Labute approximate surface area is 125 Å². The third-order valence-corrected chi connectivity index (χ3v) is 3.78. The summed E-state index contributed by atoms with van der Waals surface area (Å²) in [7, 11) is 0. The molecule has 1 aromatic rings. The molecule has 0 radical (unpaired) electrons. The van der Waals surface area contributed by atoms with E-state index in [9.17, 15) is 4.79 Å². The molecule has 5 heteroatoms. The number of amides is 2. The first-order valence-corrected chi connectivity index (χ1v) is 7.58. The number of anilines is 1. The Balaban J connectivity index is 1.70. The number of likely N-dealkylation sites (tertiary alicyclic amines) is 1. The summed E-state index contributed by atoms with van der Waals surface area (Å²) in [5, 5.41) is 6.35. The minimum absolute atomic E-state index is 0.166. The van der Waals surface area contributed by atoms with Crippen molar-refractivity contribution in [2.75, 3.05) is 31.5 Å². The average Bonchev–Trinajstić information content (AvgIpc) is 2.85. The van der Waals surface area contributed by atoms with Crippen molar-refractivity contribution in [3.8, 4) is 0 Å². The number of urea groups is 1. The average molecular weight is 296 g/mol. The molecule has 110 valence electrons. The fourth-order valence-electron chi connectivity index (χ4n) is 2.58. The third-order valence-electron chi connectivity index (χ3n) is 3.54. The van der Waals surface area contributed by atoms with Gasteiger partial charge in [-0.3, -0.25) is 0 Å². The van der Waals surface area contributed by atoms with Gasteiger partial charge in [-0.2, -0.15) is 0 Å². The van der Waals surface area contributed by atoms with Gasteiger partial charge in [0.1, 0.15) is 0 Å². The van der Waals surface area contributed by atoms with Crippen molar-refractivity contribution in [1.82, 2.24) is 10.2 Å². The molecule has 0 aromatic heterocycles. The number of hydrogen-bond acceptors (Lipinski definition) is 2. The fourth-order valence-corrected chi connectivity index (χ4v) is 2.77. The van der Waals surface area contributed by atoms with Crippen LogP contribution >= 0.6 is 11.6 Å². The number of nitrogens with zero attached hydrogens (tertiary/aromatic N) is 1. The van der Waals surface area contributed by atoms with Gasteiger partial charge in [0.25, 0.3) is 0 Å². The minimum atomic E-state index is -0.166. The molecule has 0 aliphatic carbocycles. The van der Waals surface area contributed by atoms with Crippen LogP contribution in [-0.2, 0) is 0 Å². The highest BCUT2D eigenvalue weighted by Gasteiger charge is 2.21. The van der Waals surface area contributed by atoms with Crippen molar-refractivity contribution in [3.63, 3.8) is 0 Å². The topological polar surface area (TPSA) is 44.4 Å². The summed E-state index contributed by atoms with van der Waals surface area (Å²) in [5.74, 6) is 0.562. The number of carbonyl (C=O) groups is 1. The van der Waals surface area contributed by atoms with Gasteiger partial charge in [0.2, 0.25) is 0 Å². The Bertz CT molecular complexity index is 452. The third kappa shape index (κ3) is 4.69. The van der Waals surface area contributed by atoms with Crippen LogP contribution in [0.1, 0.15) is 19.8 Å². The second-order valence-electron chi connectivity index (χ2n) is 5.30. The monoisotopic (exact) mass is 295 g/mol. The van der Waals surface area contributed by atoms with Crippen LogP contribution in [-0.4, -0.2) is 37.1 Å². The lowest BCUT2D eigenvalue weighted by Gasteiger charge is -2.15. The summed E-state index contributed by atoms with van der Waals surface area (Å²) in [5.41, 5.74) is 0.717. The molecule has 2 rings (SSSR count). The quantitative estimate of drug-likeness (QED) is 0.876. The maximum atomic E-state index is 11.8. The van der Waals surface area contributed by atoms with Crippen LogP contribution in [0, 0.1) is 5.92 Å². The summed E-state index contributed by atoms with van der Waals surface area (Å²) in [6, 6.07) is 6.99. The second kappa shape index (κ2) is 7.50. The highest BCUT2D eigenvalue weighted by Crippen LogP contribution is 2.16. The first-order valence-electron chi connectivity index (χ1n) is 7.20. The molecular weight excluding hydrogens is 274 g/mol. The zero-order chi connectivity index (χ0) is 14.4. The molecule has 4 nitrogen and oxygen atoms in total. The van der Waals surface area contributed by atoms with Crippen LogP contribution in [0.3, 0.4) is 0 Å². The fraction of sp³-hybridized carbons (Fsp3) is 0.533. The summed E-state index contributed by atoms with van der Waals surface area (Å²) < 4.78 is 0. The molecule has 0 saturated carbocycles. The normalized spacial score (nSPS) is 19.0. The molecule has 2 amide bonds. The Morgan fingerprint density at radius 2 is 2.35 bits per heavy atom. The molecule has 20 heavy (non-hydrogen) atoms. The van der Waals surface area contributed by atoms with Crippen LogP contribution in [0.25, 0.3) is 0 Å². The molecule has 1 aliphatic rings. The van der Waals surface area contributed by atoms with E-state index in [1.54, 1.807) is 12.1 Å². The van der Waals surface area contributed by atoms with Crippen molar-refractivity contribution in [2.45, 2.75) is 19.8 Å². The zero-order valence-corrected chi connectivity index (χ0v) is 12.6. The summed E-state index contributed by atoms with van der Waals surface area (Å²) in [6.45, 7) is 6.32. The van der Waals surface area contributed by atoms with E-state index in [0.717, 1.165) is 32.6 Å². The van der Waals surface area contributed by atoms with E-state index in [4.69, 9.17) is 11.6 Å². The highest BCUT2D eigenvalue weighted by atomic mass is 35.5. The van der Waals surface area contributed by atoms with Gasteiger partial charge in [0.15, 0.2) is 0 Å². The largest absolute Gasteiger partial charge is 0.338 e. The van der Waals surface area contributed by atoms with Crippen molar-refractivity contribution >= 4 is 23.3 Å². The molecule has 1 aliphatic heterocycles. The van der Waals surface area contributed by atoms with Crippen LogP contribution in [0.5, 0.6) is 0 Å². The van der Waals surface area contributed by atoms with E-state index in [1.165, 1.54) is 6.42 Å². The molecule has 1 heterocycles. The molecule has 1 saturated heterocycles. The summed E-state index contributed by atoms with van der Waals surface area (Å²) in [6.07, 6.45) is 2.35. The van der Waals surface area contributed by atoms with E-state index in [0.29, 0.717) is 16.6 Å². The Kier molecular flexibility index (Phi) is 5.68. The van der Waals surface area contributed by atoms with Gasteiger partial charge in [-0.1, -0.05) is 24.6 Å².